The van der Waals surface area contributed by atoms with Gasteiger partial charge in [-0.1, -0.05) is 171 Å². The molecule has 0 heterocycles. The predicted molar refractivity (Wildman–Crippen MR) is 255 cm³/mol. The Morgan fingerprint density at radius 3 is 0.609 bits per heavy atom. The minimum absolute atomic E-state index is 0.153. The molecule has 0 aliphatic heterocycles. The molecule has 0 bridgehead atoms. The summed E-state index contributed by atoms with van der Waals surface area (Å²) < 4.78 is 33.0. The number of rotatable bonds is 42. The van der Waals surface area contributed by atoms with Crippen LogP contribution in [0.4, 0.5) is 0 Å². The van der Waals surface area contributed by atoms with Gasteiger partial charge in [-0.3, -0.25) is 28.8 Å². The molecule has 0 amide bonds. The Balaban J connectivity index is 0. The number of unbranched alkanes of at least 4 members (excludes halogenated alkanes) is 18. The van der Waals surface area contributed by atoms with Crippen molar-refractivity contribution >= 4 is 35.8 Å². The van der Waals surface area contributed by atoms with Crippen molar-refractivity contribution in [2.75, 3.05) is 39.6 Å². The molecule has 0 aromatic carbocycles. The van der Waals surface area contributed by atoms with E-state index in [-0.39, 0.29) is 93.3 Å². The minimum Gasteiger partial charge on any atom is -0.465 e. The molecule has 12 nitrogen and oxygen atoms in total. The highest BCUT2D eigenvalue weighted by atomic mass is 16.6. The van der Waals surface area contributed by atoms with Gasteiger partial charge in [0.15, 0.2) is 0 Å². The fourth-order valence-corrected chi connectivity index (χ4v) is 6.39. The summed E-state index contributed by atoms with van der Waals surface area (Å²) in [5.41, 5.74) is -1.51. The summed E-state index contributed by atoms with van der Waals surface area (Å²) in [5, 5.41) is 0. The van der Waals surface area contributed by atoms with Crippen LogP contribution < -0.4 is 0 Å². The van der Waals surface area contributed by atoms with Gasteiger partial charge in [-0.25, -0.2) is 0 Å². The summed E-state index contributed by atoms with van der Waals surface area (Å²) in [4.78, 5) is 73.4. The zero-order valence-electron chi connectivity index (χ0n) is 42.4. The van der Waals surface area contributed by atoms with Crippen LogP contribution in [0, 0.1) is 10.8 Å². The third kappa shape index (κ3) is 41.5. The van der Waals surface area contributed by atoms with Crippen molar-refractivity contribution in [3.63, 3.8) is 0 Å². The number of carbonyl (C=O) groups is 6. The van der Waals surface area contributed by atoms with Gasteiger partial charge in [-0.05, 0) is 38.5 Å². The molecule has 0 N–H and O–H groups in total. The molecule has 0 unspecified atom stereocenters. The predicted octanol–water partition coefficient (Wildman–Crippen LogP) is 13.1. The molecule has 0 rings (SSSR count). The quantitative estimate of drug-likeness (QED) is 0.0325. The van der Waals surface area contributed by atoms with E-state index in [2.05, 4.69) is 41.5 Å². The summed E-state index contributed by atoms with van der Waals surface area (Å²) in [5.74, 6) is -1.78. The number of ether oxygens (including phenoxy) is 6. The molecule has 0 aliphatic carbocycles. The van der Waals surface area contributed by atoms with Crippen molar-refractivity contribution in [1.29, 1.82) is 0 Å². The number of carbonyl (C=O) groups excluding carboxylic acids is 6. The normalized spacial score (nSPS) is 11.2. The van der Waals surface area contributed by atoms with Crippen LogP contribution in [0.3, 0.4) is 0 Å². The van der Waals surface area contributed by atoms with E-state index in [9.17, 15) is 28.8 Å². The van der Waals surface area contributed by atoms with Crippen LogP contribution in [-0.2, 0) is 57.2 Å². The van der Waals surface area contributed by atoms with E-state index in [1.54, 1.807) is 0 Å². The van der Waals surface area contributed by atoms with E-state index in [1.165, 1.54) is 0 Å². The van der Waals surface area contributed by atoms with E-state index < -0.39 is 5.41 Å². The van der Waals surface area contributed by atoms with Gasteiger partial charge in [-0.2, -0.15) is 0 Å². The second-order valence-electron chi connectivity index (χ2n) is 18.5. The summed E-state index contributed by atoms with van der Waals surface area (Å²) in [6.45, 7) is 16.5. The van der Waals surface area contributed by atoms with Crippen molar-refractivity contribution in [3.05, 3.63) is 0 Å². The lowest BCUT2D eigenvalue weighted by molar-refractivity contribution is -0.171. The average molecular weight is 913 g/mol. The Morgan fingerprint density at radius 1 is 0.266 bits per heavy atom. The van der Waals surface area contributed by atoms with E-state index in [1.807, 2.05) is 13.8 Å². The smallest absolute Gasteiger partial charge is 0.305 e. The number of esters is 6. The van der Waals surface area contributed by atoms with Crippen LogP contribution >= 0.6 is 0 Å². The molecule has 0 saturated heterocycles. The molecule has 64 heavy (non-hydrogen) atoms. The Labute approximate surface area is 390 Å². The standard InChI is InChI=1S/C33H60O8.C19H36O4/c1-5-9-13-17-21-29(34)38-25-33(26-39-30(35)22-18-14-10-6-2,27-40-31(36)23-19-15-11-7-3)28-41-32(37)24-20-16-12-8-4;1-5-7-9-11-13-17(20)22-15-19(3,4)16-23-18(21)14-12-10-8-6-2/h5-28H2,1-4H3;5-16H2,1-4H3. The molecular formula is C52H96O12. The van der Waals surface area contributed by atoms with E-state index in [0.717, 1.165) is 154 Å². The first-order chi connectivity index (χ1) is 30.7. The Bertz CT molecular complexity index is 1040. The van der Waals surface area contributed by atoms with Crippen LogP contribution in [0.1, 0.15) is 248 Å². The molecule has 0 aliphatic rings. The van der Waals surface area contributed by atoms with Crippen LogP contribution in [0.25, 0.3) is 0 Å². The van der Waals surface area contributed by atoms with Gasteiger partial charge in [-0.15, -0.1) is 0 Å². The fraction of sp³-hybridized carbons (Fsp3) is 0.885. The van der Waals surface area contributed by atoms with Gasteiger partial charge in [0.25, 0.3) is 0 Å². The Hall–Kier alpha value is -3.18. The van der Waals surface area contributed by atoms with Gasteiger partial charge in [0.05, 0.1) is 13.2 Å². The molecule has 0 aromatic heterocycles. The molecule has 0 atom stereocenters. The van der Waals surface area contributed by atoms with E-state index >= 15 is 0 Å². The van der Waals surface area contributed by atoms with Gasteiger partial charge in [0.2, 0.25) is 0 Å². The van der Waals surface area contributed by atoms with Gasteiger partial charge >= 0.3 is 35.8 Å². The molecule has 0 spiro atoms. The van der Waals surface area contributed by atoms with E-state index in [0.29, 0.717) is 26.1 Å². The topological polar surface area (TPSA) is 158 Å². The van der Waals surface area contributed by atoms with Crippen molar-refractivity contribution < 1.29 is 57.2 Å². The lowest BCUT2D eigenvalue weighted by atomic mass is 9.92. The van der Waals surface area contributed by atoms with Crippen molar-refractivity contribution in [3.8, 4) is 0 Å². The molecule has 376 valence electrons. The third-order valence-corrected chi connectivity index (χ3v) is 10.8. The zero-order valence-corrected chi connectivity index (χ0v) is 42.4. The van der Waals surface area contributed by atoms with Crippen LogP contribution in [0.2, 0.25) is 0 Å². The van der Waals surface area contributed by atoms with Crippen LogP contribution in [0.15, 0.2) is 0 Å². The van der Waals surface area contributed by atoms with E-state index in [4.69, 9.17) is 28.4 Å². The minimum atomic E-state index is -1.17. The van der Waals surface area contributed by atoms with Gasteiger partial charge < -0.3 is 28.4 Å². The van der Waals surface area contributed by atoms with Crippen molar-refractivity contribution in [2.45, 2.75) is 248 Å². The van der Waals surface area contributed by atoms with Crippen LogP contribution in [0.5, 0.6) is 0 Å². The third-order valence-electron chi connectivity index (χ3n) is 10.8. The first kappa shape index (κ1) is 62.9. The fourth-order valence-electron chi connectivity index (χ4n) is 6.39. The SMILES string of the molecule is CCCCCCC(=O)OCC(C)(C)COC(=O)CCCCCC.CCCCCCC(=O)OCC(COC(=O)CCCCCC)(COC(=O)CCCCCC)COC(=O)CCCCCC. The molecular weight excluding hydrogens is 817 g/mol. The first-order valence-electron chi connectivity index (χ1n) is 25.7. The second kappa shape index (κ2) is 43.7. The number of hydrogen-bond donors (Lipinski definition) is 0. The van der Waals surface area contributed by atoms with Crippen molar-refractivity contribution in [2.24, 2.45) is 10.8 Å². The number of hydrogen-bond acceptors (Lipinski definition) is 12. The molecule has 0 radical (unpaired) electrons. The lowest BCUT2D eigenvalue weighted by Crippen LogP contribution is -2.44. The van der Waals surface area contributed by atoms with Crippen molar-refractivity contribution in [1.82, 2.24) is 0 Å². The molecule has 12 heteroatoms. The highest BCUT2D eigenvalue weighted by Crippen LogP contribution is 2.24. The highest BCUT2D eigenvalue weighted by molar-refractivity contribution is 5.71. The maximum absolute atomic E-state index is 12.5. The molecule has 0 aromatic rings. The summed E-state index contributed by atoms with van der Waals surface area (Å²) >= 11 is 0. The average Bonchev–Trinajstić information content (AvgIpc) is 3.28. The van der Waals surface area contributed by atoms with Gasteiger partial charge in [0.1, 0.15) is 31.8 Å². The second-order valence-corrected chi connectivity index (χ2v) is 18.5. The Kier molecular flexibility index (Phi) is 43.0. The first-order valence-corrected chi connectivity index (χ1v) is 25.7. The van der Waals surface area contributed by atoms with Gasteiger partial charge in [0, 0.05) is 43.9 Å². The summed E-state index contributed by atoms with van der Waals surface area (Å²) in [6, 6.07) is 0. The zero-order chi connectivity index (χ0) is 48.2. The summed E-state index contributed by atoms with van der Waals surface area (Å²) in [7, 11) is 0. The molecule has 0 fully saturated rings. The summed E-state index contributed by atoms with van der Waals surface area (Å²) in [6.07, 6.45) is 25.8. The molecule has 0 saturated carbocycles. The highest BCUT2D eigenvalue weighted by Gasteiger charge is 2.38. The lowest BCUT2D eigenvalue weighted by Gasteiger charge is -2.31. The maximum atomic E-state index is 12.5. The Morgan fingerprint density at radius 2 is 0.438 bits per heavy atom. The maximum Gasteiger partial charge on any atom is 0.305 e. The largest absolute Gasteiger partial charge is 0.465 e. The van der Waals surface area contributed by atoms with Crippen LogP contribution in [-0.4, -0.2) is 75.5 Å². The monoisotopic (exact) mass is 913 g/mol.